The predicted octanol–water partition coefficient (Wildman–Crippen LogP) is 13.7. The standard InChI is InChI=1S/C54H55BN2OS/c1-51(2,3)34-20-23-37(24-21-34)57-44-32-39(56(36-16-12-11-13-17-36)38-25-26-41-42(31-38)54(9,10)29-28-53(41,7)8)33-46-48(44)55(43-18-14-15-19-45(43)58-46)50-49(57)40-30-35(52(4,5)6)22-27-47(40)59-50/h11-27,30-33H,28-29H2,1-10H3. The zero-order chi connectivity index (χ0) is 41.2. The summed E-state index contributed by atoms with van der Waals surface area (Å²) in [7, 11) is 0. The molecular weight excluding hydrogens is 735 g/mol. The second kappa shape index (κ2) is 13.1. The van der Waals surface area contributed by atoms with Gasteiger partial charge in [0.25, 0.3) is 6.71 Å². The van der Waals surface area contributed by atoms with Gasteiger partial charge in [-0.3, -0.25) is 0 Å². The maximum absolute atomic E-state index is 7.09. The topological polar surface area (TPSA) is 15.7 Å². The van der Waals surface area contributed by atoms with Crippen LogP contribution in [-0.2, 0) is 21.7 Å². The van der Waals surface area contributed by atoms with Crippen molar-refractivity contribution in [3.05, 3.63) is 150 Å². The summed E-state index contributed by atoms with van der Waals surface area (Å²) >= 11 is 1.94. The number of rotatable bonds is 4. The van der Waals surface area contributed by atoms with Crippen LogP contribution in [0.1, 0.15) is 104 Å². The number of thiophene rings is 1. The first-order valence-electron chi connectivity index (χ1n) is 21.4. The fourth-order valence-electron chi connectivity index (χ4n) is 9.88. The largest absolute Gasteiger partial charge is 0.458 e. The zero-order valence-corrected chi connectivity index (χ0v) is 37.1. The second-order valence-corrected chi connectivity index (χ2v) is 21.6. The van der Waals surface area contributed by atoms with E-state index in [-0.39, 0.29) is 28.4 Å². The molecular formula is C54H55BN2OS. The van der Waals surface area contributed by atoms with E-state index in [2.05, 4.69) is 206 Å². The minimum Gasteiger partial charge on any atom is -0.458 e. The minimum atomic E-state index is 0.00916. The molecule has 0 saturated carbocycles. The van der Waals surface area contributed by atoms with Gasteiger partial charge in [0.1, 0.15) is 11.5 Å². The highest BCUT2D eigenvalue weighted by Crippen LogP contribution is 2.51. The molecule has 0 amide bonds. The highest BCUT2D eigenvalue weighted by molar-refractivity contribution is 7.33. The van der Waals surface area contributed by atoms with Gasteiger partial charge in [-0.05, 0) is 128 Å². The Bertz CT molecular complexity index is 2780. The molecule has 2 aliphatic heterocycles. The lowest BCUT2D eigenvalue weighted by molar-refractivity contribution is 0.332. The van der Waals surface area contributed by atoms with Crippen molar-refractivity contribution in [2.24, 2.45) is 0 Å². The van der Waals surface area contributed by atoms with E-state index in [1.165, 1.54) is 60.2 Å². The van der Waals surface area contributed by atoms with E-state index in [0.717, 1.165) is 46.4 Å². The monoisotopic (exact) mass is 790 g/mol. The number of ether oxygens (including phenoxy) is 1. The van der Waals surface area contributed by atoms with Gasteiger partial charge in [0.15, 0.2) is 0 Å². The number of anilines is 6. The number of benzene rings is 6. The second-order valence-electron chi connectivity index (χ2n) is 20.5. The van der Waals surface area contributed by atoms with Crippen molar-refractivity contribution in [1.82, 2.24) is 0 Å². The van der Waals surface area contributed by atoms with Crippen molar-refractivity contribution in [3.8, 4) is 11.5 Å². The Morgan fingerprint density at radius 1 is 0.610 bits per heavy atom. The number of hydrogen-bond donors (Lipinski definition) is 0. The molecule has 59 heavy (non-hydrogen) atoms. The van der Waals surface area contributed by atoms with Crippen molar-refractivity contribution in [2.45, 2.75) is 104 Å². The van der Waals surface area contributed by atoms with E-state index in [4.69, 9.17) is 4.74 Å². The Labute approximate surface area is 355 Å². The third kappa shape index (κ3) is 6.14. The first kappa shape index (κ1) is 38.0. The summed E-state index contributed by atoms with van der Waals surface area (Å²) < 4.78 is 9.76. The quantitative estimate of drug-likeness (QED) is 0.165. The Morgan fingerprint density at radius 2 is 1.27 bits per heavy atom. The molecule has 0 unspecified atom stereocenters. The first-order chi connectivity index (χ1) is 28.0. The van der Waals surface area contributed by atoms with Crippen LogP contribution in [0.3, 0.4) is 0 Å². The van der Waals surface area contributed by atoms with E-state index < -0.39 is 0 Å². The summed E-state index contributed by atoms with van der Waals surface area (Å²) in [5, 5.41) is 1.30. The molecule has 10 rings (SSSR count). The van der Waals surface area contributed by atoms with Gasteiger partial charge < -0.3 is 14.5 Å². The molecule has 1 aromatic heterocycles. The average Bonchev–Trinajstić information content (AvgIpc) is 3.58. The molecule has 0 radical (unpaired) electrons. The molecule has 0 saturated heterocycles. The van der Waals surface area contributed by atoms with Gasteiger partial charge in [0, 0.05) is 43.7 Å². The molecule has 0 spiro atoms. The summed E-state index contributed by atoms with van der Waals surface area (Å²) in [5.41, 5.74) is 15.2. The maximum atomic E-state index is 7.09. The first-order valence-corrected chi connectivity index (χ1v) is 22.2. The molecule has 0 atom stereocenters. The molecule has 5 heteroatoms. The van der Waals surface area contributed by atoms with Crippen molar-refractivity contribution in [3.63, 3.8) is 0 Å². The summed E-state index contributed by atoms with van der Waals surface area (Å²) in [6.45, 7) is 23.5. The molecule has 0 bridgehead atoms. The predicted molar refractivity (Wildman–Crippen MR) is 255 cm³/mol. The third-order valence-electron chi connectivity index (χ3n) is 13.5. The van der Waals surface area contributed by atoms with Gasteiger partial charge in [0.05, 0.1) is 11.4 Å². The molecule has 296 valence electrons. The van der Waals surface area contributed by atoms with Gasteiger partial charge in [-0.1, -0.05) is 130 Å². The Morgan fingerprint density at radius 3 is 1.98 bits per heavy atom. The van der Waals surface area contributed by atoms with Crippen LogP contribution in [-0.4, -0.2) is 6.71 Å². The lowest BCUT2D eigenvalue weighted by Crippen LogP contribution is -2.58. The molecule has 1 aliphatic carbocycles. The SMILES string of the molecule is CC(C)(C)c1ccc(N2c3cc(N(c4ccccc4)c4ccc5c(c4)C(C)(C)CCC5(C)C)cc4c3B(c3ccccc3O4)c3sc4ccc(C(C)(C)C)cc4c32)cc1. The van der Waals surface area contributed by atoms with Crippen LogP contribution in [0.2, 0.25) is 0 Å². The fraction of sp³-hybridized carbons (Fsp3) is 0.296. The van der Waals surface area contributed by atoms with E-state index in [1.54, 1.807) is 0 Å². The van der Waals surface area contributed by atoms with Crippen molar-refractivity contribution < 1.29 is 4.74 Å². The number of hydrogen-bond acceptors (Lipinski definition) is 4. The zero-order valence-electron chi connectivity index (χ0n) is 36.3. The molecule has 7 aromatic rings. The Balaban J connectivity index is 1.28. The normalized spacial score (nSPS) is 16.2. The van der Waals surface area contributed by atoms with Gasteiger partial charge in [-0.2, -0.15) is 0 Å². The van der Waals surface area contributed by atoms with Crippen LogP contribution >= 0.6 is 11.3 Å². The van der Waals surface area contributed by atoms with Crippen LogP contribution < -0.4 is 30.2 Å². The van der Waals surface area contributed by atoms with E-state index in [0.29, 0.717) is 0 Å². The van der Waals surface area contributed by atoms with Crippen LogP contribution in [0.15, 0.2) is 127 Å². The van der Waals surface area contributed by atoms with Crippen molar-refractivity contribution in [2.75, 3.05) is 9.80 Å². The van der Waals surface area contributed by atoms with Gasteiger partial charge >= 0.3 is 0 Å². The van der Waals surface area contributed by atoms with Gasteiger partial charge in [-0.25, -0.2) is 0 Å². The van der Waals surface area contributed by atoms with Crippen molar-refractivity contribution >= 4 is 78.0 Å². The van der Waals surface area contributed by atoms with E-state index in [9.17, 15) is 0 Å². The van der Waals surface area contributed by atoms with Gasteiger partial charge in [-0.15, -0.1) is 11.3 Å². The fourth-order valence-corrected chi connectivity index (χ4v) is 11.2. The van der Waals surface area contributed by atoms with Crippen LogP contribution in [0.4, 0.5) is 34.1 Å². The van der Waals surface area contributed by atoms with E-state index in [1.807, 2.05) is 11.3 Å². The van der Waals surface area contributed by atoms with Crippen LogP contribution in [0.25, 0.3) is 10.1 Å². The number of para-hydroxylation sites is 2. The highest BCUT2D eigenvalue weighted by Gasteiger charge is 2.45. The average molecular weight is 791 g/mol. The lowest BCUT2D eigenvalue weighted by Gasteiger charge is -2.43. The van der Waals surface area contributed by atoms with Crippen LogP contribution in [0.5, 0.6) is 11.5 Å². The Kier molecular flexibility index (Phi) is 8.45. The maximum Gasteiger partial charge on any atom is 0.268 e. The molecule has 3 nitrogen and oxygen atoms in total. The minimum absolute atomic E-state index is 0.00916. The molecule has 0 fully saturated rings. The summed E-state index contributed by atoms with van der Waals surface area (Å²) in [4.78, 5) is 5.01. The lowest BCUT2D eigenvalue weighted by atomic mass is 9.37. The number of nitrogens with zero attached hydrogens (tertiary/aromatic N) is 2. The van der Waals surface area contributed by atoms with E-state index >= 15 is 0 Å². The molecule has 3 aliphatic rings. The summed E-state index contributed by atoms with van der Waals surface area (Å²) in [6.07, 6.45) is 2.35. The van der Waals surface area contributed by atoms with Crippen LogP contribution in [0, 0.1) is 0 Å². The highest BCUT2D eigenvalue weighted by atomic mass is 32.1. The number of fused-ring (bicyclic) bond motifs is 7. The third-order valence-corrected chi connectivity index (χ3v) is 14.7. The molecule has 0 N–H and O–H groups in total. The summed E-state index contributed by atoms with van der Waals surface area (Å²) in [5.74, 6) is 1.84. The smallest absolute Gasteiger partial charge is 0.268 e. The van der Waals surface area contributed by atoms with Crippen molar-refractivity contribution in [1.29, 1.82) is 0 Å². The molecule has 6 aromatic carbocycles. The Hall–Kier alpha value is -5.26. The van der Waals surface area contributed by atoms with Gasteiger partial charge in [0.2, 0.25) is 0 Å². The summed E-state index contributed by atoms with van der Waals surface area (Å²) in [6, 6.07) is 48.0. The molecule has 3 heterocycles.